The number of hydrogen-bond donors (Lipinski definition) is 6. The number of aliphatic carboxylic acids is 1. The number of hydrogen-bond acceptors (Lipinski definition) is 7. The maximum absolute atomic E-state index is 12.7. The Bertz CT molecular complexity index is 654. The second-order valence-electron chi connectivity index (χ2n) is 7.27. The third-order valence-electron chi connectivity index (χ3n) is 4.68. The first-order chi connectivity index (χ1) is 13.5. The summed E-state index contributed by atoms with van der Waals surface area (Å²) in [6, 6.07) is -4.82. The largest absolute Gasteiger partial charge is 0.480 e. The van der Waals surface area contributed by atoms with Gasteiger partial charge in [0.25, 0.3) is 0 Å². The van der Waals surface area contributed by atoms with E-state index in [-0.39, 0.29) is 18.9 Å². The van der Waals surface area contributed by atoms with Crippen LogP contribution in [-0.2, 0) is 24.0 Å². The van der Waals surface area contributed by atoms with E-state index in [9.17, 15) is 34.2 Å². The van der Waals surface area contributed by atoms with Crippen molar-refractivity contribution in [2.24, 2.45) is 17.4 Å². The molecule has 4 atom stereocenters. The lowest BCUT2D eigenvalue weighted by atomic mass is 10.0. The molecule has 8 N–H and O–H groups in total. The quantitative estimate of drug-likeness (QED) is 0.215. The SMILES string of the molecule is CC(C)C(N)C(=O)NC(CO)C(=O)NC(CC(N)=O)C(=O)N1CCCC1C(=O)O. The second-order valence-corrected chi connectivity index (χ2v) is 7.27. The average molecular weight is 415 g/mol. The van der Waals surface area contributed by atoms with Gasteiger partial charge in [0.15, 0.2) is 0 Å². The number of carboxylic acid groups (broad SMARTS) is 1. The number of aliphatic hydroxyl groups excluding tert-OH is 1. The number of carbonyl (C=O) groups is 5. The second kappa shape index (κ2) is 10.7. The standard InChI is InChI=1S/C17H29N5O7/c1-8(2)13(19)15(26)21-10(7-23)14(25)20-9(6-12(18)24)16(27)22-5-3-4-11(22)17(28)29/h8-11,13,23H,3-7,19H2,1-2H3,(H2,18,24)(H,20,25)(H,21,26)(H,28,29). The van der Waals surface area contributed by atoms with Crippen LogP contribution in [0.1, 0.15) is 33.1 Å². The van der Waals surface area contributed by atoms with Crippen LogP contribution in [0.4, 0.5) is 0 Å². The molecular weight excluding hydrogens is 386 g/mol. The predicted molar refractivity (Wildman–Crippen MR) is 99.9 cm³/mol. The summed E-state index contributed by atoms with van der Waals surface area (Å²) in [7, 11) is 0. The van der Waals surface area contributed by atoms with Gasteiger partial charge >= 0.3 is 5.97 Å². The molecule has 1 saturated heterocycles. The lowest BCUT2D eigenvalue weighted by molar-refractivity contribution is -0.149. The highest BCUT2D eigenvalue weighted by Crippen LogP contribution is 2.19. The molecule has 0 radical (unpaired) electrons. The van der Waals surface area contributed by atoms with Crippen LogP contribution in [-0.4, -0.2) is 82.0 Å². The van der Waals surface area contributed by atoms with Crippen molar-refractivity contribution in [2.75, 3.05) is 13.2 Å². The summed E-state index contributed by atoms with van der Waals surface area (Å²) >= 11 is 0. The van der Waals surface area contributed by atoms with Gasteiger partial charge in [-0.1, -0.05) is 13.8 Å². The van der Waals surface area contributed by atoms with Crippen LogP contribution in [0.2, 0.25) is 0 Å². The molecule has 4 amide bonds. The monoisotopic (exact) mass is 415 g/mol. The van der Waals surface area contributed by atoms with E-state index in [4.69, 9.17) is 11.5 Å². The lowest BCUT2D eigenvalue weighted by Gasteiger charge is -2.28. The summed E-state index contributed by atoms with van der Waals surface area (Å²) in [4.78, 5) is 61.0. The van der Waals surface area contributed by atoms with E-state index in [2.05, 4.69) is 10.6 Å². The van der Waals surface area contributed by atoms with Crippen molar-refractivity contribution in [1.82, 2.24) is 15.5 Å². The molecular formula is C17H29N5O7. The average Bonchev–Trinajstić information content (AvgIpc) is 3.13. The summed E-state index contributed by atoms with van der Waals surface area (Å²) in [5.74, 6) is -4.67. The van der Waals surface area contributed by atoms with Gasteiger partial charge in [0.2, 0.25) is 23.6 Å². The summed E-state index contributed by atoms with van der Waals surface area (Å²) in [6.07, 6.45) is 0.147. The van der Waals surface area contributed by atoms with E-state index in [0.29, 0.717) is 6.42 Å². The van der Waals surface area contributed by atoms with Gasteiger partial charge in [0, 0.05) is 6.54 Å². The van der Waals surface area contributed by atoms with Gasteiger partial charge in [-0.05, 0) is 18.8 Å². The number of rotatable bonds is 10. The number of nitrogens with two attached hydrogens (primary N) is 2. The van der Waals surface area contributed by atoms with Crippen LogP contribution in [0.15, 0.2) is 0 Å². The molecule has 0 aromatic carbocycles. The van der Waals surface area contributed by atoms with Crippen molar-refractivity contribution in [1.29, 1.82) is 0 Å². The Morgan fingerprint density at radius 2 is 1.69 bits per heavy atom. The van der Waals surface area contributed by atoms with E-state index in [1.165, 1.54) is 0 Å². The first-order valence-electron chi connectivity index (χ1n) is 9.28. The number of carboxylic acids is 1. The van der Waals surface area contributed by atoms with Gasteiger partial charge in [-0.15, -0.1) is 0 Å². The molecule has 29 heavy (non-hydrogen) atoms. The van der Waals surface area contributed by atoms with E-state index >= 15 is 0 Å². The third-order valence-corrected chi connectivity index (χ3v) is 4.68. The maximum Gasteiger partial charge on any atom is 0.326 e. The van der Waals surface area contributed by atoms with Crippen LogP contribution in [0, 0.1) is 5.92 Å². The molecule has 0 bridgehead atoms. The van der Waals surface area contributed by atoms with Crippen LogP contribution >= 0.6 is 0 Å². The minimum absolute atomic E-state index is 0.157. The van der Waals surface area contributed by atoms with Crippen molar-refractivity contribution in [2.45, 2.75) is 57.3 Å². The van der Waals surface area contributed by atoms with E-state index in [0.717, 1.165) is 4.90 Å². The Morgan fingerprint density at radius 3 is 2.17 bits per heavy atom. The summed E-state index contributed by atoms with van der Waals surface area (Å²) in [6.45, 7) is 2.79. The molecule has 1 aliphatic heterocycles. The normalized spacial score (nSPS) is 19.3. The molecule has 0 saturated carbocycles. The van der Waals surface area contributed by atoms with Gasteiger partial charge in [0.1, 0.15) is 18.1 Å². The Labute approximate surface area is 168 Å². The van der Waals surface area contributed by atoms with Crippen molar-refractivity contribution >= 4 is 29.6 Å². The Kier molecular flexibility index (Phi) is 8.98. The number of amides is 4. The first-order valence-corrected chi connectivity index (χ1v) is 9.28. The molecule has 0 spiro atoms. The first kappa shape index (κ1) is 24.3. The summed E-state index contributed by atoms with van der Waals surface area (Å²) < 4.78 is 0. The minimum Gasteiger partial charge on any atom is -0.480 e. The fraction of sp³-hybridized carbons (Fsp3) is 0.706. The molecule has 0 aromatic heterocycles. The molecule has 0 aliphatic carbocycles. The molecule has 0 aromatic rings. The summed E-state index contributed by atoms with van der Waals surface area (Å²) in [5, 5.41) is 23.2. The van der Waals surface area contributed by atoms with Crippen LogP contribution in [0.5, 0.6) is 0 Å². The zero-order chi connectivity index (χ0) is 22.3. The number of nitrogens with zero attached hydrogens (tertiary/aromatic N) is 1. The predicted octanol–water partition coefficient (Wildman–Crippen LogP) is -3.12. The number of primary amides is 1. The van der Waals surface area contributed by atoms with Crippen molar-refractivity contribution in [3.63, 3.8) is 0 Å². The van der Waals surface area contributed by atoms with Gasteiger partial charge in [-0.3, -0.25) is 19.2 Å². The molecule has 164 valence electrons. The number of nitrogens with one attached hydrogen (secondary N) is 2. The Balaban J connectivity index is 2.91. The van der Waals surface area contributed by atoms with Crippen molar-refractivity contribution < 1.29 is 34.2 Å². The van der Waals surface area contributed by atoms with Crippen molar-refractivity contribution in [3.05, 3.63) is 0 Å². The third kappa shape index (κ3) is 6.68. The van der Waals surface area contributed by atoms with Crippen LogP contribution in [0.25, 0.3) is 0 Å². The molecule has 1 aliphatic rings. The summed E-state index contributed by atoms with van der Waals surface area (Å²) in [5.41, 5.74) is 10.9. The zero-order valence-corrected chi connectivity index (χ0v) is 16.5. The van der Waals surface area contributed by atoms with Gasteiger partial charge in [0.05, 0.1) is 19.1 Å². The Morgan fingerprint density at radius 1 is 1.10 bits per heavy atom. The molecule has 1 heterocycles. The highest BCUT2D eigenvalue weighted by molar-refractivity contribution is 5.96. The molecule has 12 heteroatoms. The Hall–Kier alpha value is -2.73. The van der Waals surface area contributed by atoms with E-state index in [1.54, 1.807) is 13.8 Å². The van der Waals surface area contributed by atoms with Crippen molar-refractivity contribution in [3.8, 4) is 0 Å². The molecule has 4 unspecified atom stereocenters. The minimum atomic E-state index is -1.43. The van der Waals surface area contributed by atoms with Crippen LogP contribution < -0.4 is 22.1 Å². The van der Waals surface area contributed by atoms with Gasteiger partial charge in [-0.2, -0.15) is 0 Å². The molecule has 1 fully saturated rings. The van der Waals surface area contributed by atoms with Crippen LogP contribution in [0.3, 0.4) is 0 Å². The van der Waals surface area contributed by atoms with Gasteiger partial charge in [-0.25, -0.2) is 4.79 Å². The maximum atomic E-state index is 12.7. The highest BCUT2D eigenvalue weighted by Gasteiger charge is 2.38. The fourth-order valence-corrected chi connectivity index (χ4v) is 2.93. The van der Waals surface area contributed by atoms with Gasteiger partial charge < -0.3 is 37.2 Å². The number of likely N-dealkylation sites (tertiary alicyclic amines) is 1. The smallest absolute Gasteiger partial charge is 0.326 e. The fourth-order valence-electron chi connectivity index (χ4n) is 2.93. The van der Waals surface area contributed by atoms with E-state index < -0.39 is 66.8 Å². The highest BCUT2D eigenvalue weighted by atomic mass is 16.4. The zero-order valence-electron chi connectivity index (χ0n) is 16.5. The molecule has 12 nitrogen and oxygen atoms in total. The number of aliphatic hydroxyl groups is 1. The number of carbonyl (C=O) groups excluding carboxylic acids is 4. The molecule has 1 rings (SSSR count). The van der Waals surface area contributed by atoms with E-state index in [1.807, 2.05) is 0 Å². The lowest BCUT2D eigenvalue weighted by Crippen LogP contribution is -2.59. The topological polar surface area (TPSA) is 205 Å².